The lowest BCUT2D eigenvalue weighted by Crippen LogP contribution is -1.96. The summed E-state index contributed by atoms with van der Waals surface area (Å²) in [6.07, 6.45) is 7.25. The Hall–Kier alpha value is -4.12. The molecule has 140 valence electrons. The van der Waals surface area contributed by atoms with Crippen molar-refractivity contribution in [2.45, 2.75) is 0 Å². The summed E-state index contributed by atoms with van der Waals surface area (Å²) in [5.74, 6) is 1.05. The zero-order valence-corrected chi connectivity index (χ0v) is 15.5. The Labute approximate surface area is 167 Å². The number of aromatic hydroxyl groups is 1. The number of phenols is 1. The summed E-state index contributed by atoms with van der Waals surface area (Å²) in [4.78, 5) is 8.63. The molecular weight excluding hydrogens is 360 g/mol. The van der Waals surface area contributed by atoms with E-state index in [-0.39, 0.29) is 5.75 Å². The van der Waals surface area contributed by atoms with E-state index in [1.165, 1.54) is 0 Å². The van der Waals surface area contributed by atoms with Crippen LogP contribution in [0.3, 0.4) is 0 Å². The van der Waals surface area contributed by atoms with Gasteiger partial charge in [-0.3, -0.25) is 0 Å². The monoisotopic (exact) mass is 378 g/mol. The molecule has 0 amide bonds. The van der Waals surface area contributed by atoms with Gasteiger partial charge in [-0.2, -0.15) is 0 Å². The van der Waals surface area contributed by atoms with Gasteiger partial charge in [0.15, 0.2) is 0 Å². The molecule has 0 aliphatic carbocycles. The number of rotatable bonds is 4. The molecule has 0 aliphatic rings. The Morgan fingerprint density at radius 1 is 0.828 bits per heavy atom. The van der Waals surface area contributed by atoms with Crippen LogP contribution in [0.4, 0.5) is 11.5 Å². The zero-order chi connectivity index (χ0) is 19.6. The molecule has 0 atom stereocenters. The molecule has 29 heavy (non-hydrogen) atoms. The summed E-state index contributed by atoms with van der Waals surface area (Å²) in [6.45, 7) is 0. The lowest BCUT2D eigenvalue weighted by molar-refractivity contribution is 0.475. The van der Waals surface area contributed by atoms with E-state index in [1.807, 2.05) is 59.3 Å². The van der Waals surface area contributed by atoms with Crippen LogP contribution < -0.4 is 5.32 Å². The summed E-state index contributed by atoms with van der Waals surface area (Å²) in [7, 11) is 0. The van der Waals surface area contributed by atoms with Gasteiger partial charge < -0.3 is 15.0 Å². The predicted octanol–water partition coefficient (Wildman–Crippen LogP) is 5.54. The first kappa shape index (κ1) is 17.0. The minimum Gasteiger partial charge on any atom is -0.508 e. The van der Waals surface area contributed by atoms with Gasteiger partial charge >= 0.3 is 0 Å². The van der Waals surface area contributed by atoms with E-state index in [2.05, 4.69) is 27.4 Å². The highest BCUT2D eigenvalue weighted by molar-refractivity contribution is 6.02. The van der Waals surface area contributed by atoms with Crippen LogP contribution in [0.1, 0.15) is 0 Å². The Balaban J connectivity index is 1.52. The average Bonchev–Trinajstić information content (AvgIpc) is 3.29. The van der Waals surface area contributed by atoms with Crippen molar-refractivity contribution >= 4 is 22.3 Å². The van der Waals surface area contributed by atoms with Crippen molar-refractivity contribution in [1.29, 1.82) is 0 Å². The maximum absolute atomic E-state index is 9.86. The van der Waals surface area contributed by atoms with E-state index in [0.29, 0.717) is 0 Å². The minimum atomic E-state index is 0.255. The summed E-state index contributed by atoms with van der Waals surface area (Å²) in [5.41, 5.74) is 4.03. The summed E-state index contributed by atoms with van der Waals surface area (Å²) in [6, 6.07) is 23.5. The van der Waals surface area contributed by atoms with Gasteiger partial charge in [-0.05, 0) is 59.0 Å². The highest BCUT2D eigenvalue weighted by Crippen LogP contribution is 2.33. The second-order valence-electron chi connectivity index (χ2n) is 6.75. The predicted molar refractivity (Wildman–Crippen MR) is 116 cm³/mol. The number of phenolic OH excluding ortho intramolecular Hbond substituents is 1. The van der Waals surface area contributed by atoms with Gasteiger partial charge in [-0.1, -0.05) is 30.3 Å². The van der Waals surface area contributed by atoms with Crippen LogP contribution in [0.25, 0.3) is 27.6 Å². The minimum absolute atomic E-state index is 0.255. The third kappa shape index (κ3) is 3.30. The van der Waals surface area contributed by atoms with Crippen molar-refractivity contribution in [1.82, 2.24) is 14.5 Å². The number of imidazole rings is 1. The lowest BCUT2D eigenvalue weighted by atomic mass is 9.99. The molecule has 5 aromatic rings. The first-order valence-corrected chi connectivity index (χ1v) is 9.30. The Morgan fingerprint density at radius 3 is 2.48 bits per heavy atom. The highest BCUT2D eigenvalue weighted by Gasteiger charge is 2.09. The summed E-state index contributed by atoms with van der Waals surface area (Å²) >= 11 is 0. The van der Waals surface area contributed by atoms with Gasteiger partial charge in [0, 0.05) is 35.4 Å². The first-order chi connectivity index (χ1) is 14.3. The fraction of sp³-hybridized carbons (Fsp3) is 0. The quantitative estimate of drug-likeness (QED) is 0.431. The maximum Gasteiger partial charge on any atom is 0.138 e. The fourth-order valence-corrected chi connectivity index (χ4v) is 3.50. The number of aromatic nitrogens is 3. The molecular formula is C24H18N4O. The fourth-order valence-electron chi connectivity index (χ4n) is 3.50. The number of benzene rings is 3. The topological polar surface area (TPSA) is 63.0 Å². The van der Waals surface area contributed by atoms with Gasteiger partial charge in [0.1, 0.15) is 11.6 Å². The van der Waals surface area contributed by atoms with Gasteiger partial charge in [0.25, 0.3) is 0 Å². The number of nitrogens with one attached hydrogen (secondary N) is 1. The van der Waals surface area contributed by atoms with Crippen molar-refractivity contribution in [3.8, 4) is 22.6 Å². The third-order valence-corrected chi connectivity index (χ3v) is 4.90. The molecule has 5 nitrogen and oxygen atoms in total. The SMILES string of the molecule is Oc1cccc(-c2cccc3c(Nc4ccc(-n5ccnc5)cc4)nccc23)c1. The number of fused-ring (bicyclic) bond motifs is 1. The second-order valence-corrected chi connectivity index (χ2v) is 6.75. The molecule has 0 aliphatic heterocycles. The molecule has 3 aromatic carbocycles. The molecule has 0 radical (unpaired) electrons. The Morgan fingerprint density at radius 2 is 1.69 bits per heavy atom. The van der Waals surface area contributed by atoms with E-state index in [9.17, 15) is 5.11 Å². The molecule has 0 fully saturated rings. The number of anilines is 2. The Bertz CT molecular complexity index is 1280. The van der Waals surface area contributed by atoms with Crippen LogP contribution in [0.2, 0.25) is 0 Å². The first-order valence-electron chi connectivity index (χ1n) is 9.30. The molecule has 2 N–H and O–H groups in total. The normalized spacial score (nSPS) is 10.9. The number of pyridine rings is 1. The number of hydrogen-bond acceptors (Lipinski definition) is 4. The second kappa shape index (κ2) is 7.13. The van der Waals surface area contributed by atoms with Crippen molar-refractivity contribution < 1.29 is 5.11 Å². The van der Waals surface area contributed by atoms with Crippen molar-refractivity contribution in [3.05, 3.63) is 97.7 Å². The van der Waals surface area contributed by atoms with Crippen LogP contribution in [-0.2, 0) is 0 Å². The molecule has 0 saturated heterocycles. The van der Waals surface area contributed by atoms with Gasteiger partial charge in [0.2, 0.25) is 0 Å². The molecule has 0 bridgehead atoms. The van der Waals surface area contributed by atoms with E-state index < -0.39 is 0 Å². The average molecular weight is 378 g/mol. The van der Waals surface area contributed by atoms with Crippen LogP contribution in [0.5, 0.6) is 5.75 Å². The van der Waals surface area contributed by atoms with Crippen LogP contribution in [0, 0.1) is 0 Å². The third-order valence-electron chi connectivity index (χ3n) is 4.90. The molecule has 0 spiro atoms. The summed E-state index contributed by atoms with van der Waals surface area (Å²) < 4.78 is 1.96. The van der Waals surface area contributed by atoms with Crippen LogP contribution in [-0.4, -0.2) is 19.6 Å². The van der Waals surface area contributed by atoms with Gasteiger partial charge in [-0.15, -0.1) is 0 Å². The van der Waals surface area contributed by atoms with Gasteiger partial charge in [-0.25, -0.2) is 9.97 Å². The van der Waals surface area contributed by atoms with Crippen molar-refractivity contribution in [3.63, 3.8) is 0 Å². The van der Waals surface area contributed by atoms with Crippen molar-refractivity contribution in [2.75, 3.05) is 5.32 Å². The van der Waals surface area contributed by atoms with E-state index in [0.717, 1.165) is 39.1 Å². The molecule has 2 heterocycles. The van der Waals surface area contributed by atoms with E-state index >= 15 is 0 Å². The van der Waals surface area contributed by atoms with E-state index in [1.54, 1.807) is 30.9 Å². The van der Waals surface area contributed by atoms with Crippen molar-refractivity contribution in [2.24, 2.45) is 0 Å². The maximum atomic E-state index is 9.86. The molecule has 0 unspecified atom stereocenters. The number of nitrogens with zero attached hydrogens (tertiary/aromatic N) is 3. The molecule has 0 saturated carbocycles. The highest BCUT2D eigenvalue weighted by atomic mass is 16.3. The van der Waals surface area contributed by atoms with Gasteiger partial charge in [0.05, 0.1) is 6.33 Å². The largest absolute Gasteiger partial charge is 0.508 e. The standard InChI is InChI=1S/C24H18N4O/c29-20-4-1-3-17(15-20)21-5-2-6-23-22(21)11-12-26-24(23)27-18-7-9-19(10-8-18)28-14-13-25-16-28/h1-16,29H,(H,26,27). The smallest absolute Gasteiger partial charge is 0.138 e. The molecule has 5 heteroatoms. The van der Waals surface area contributed by atoms with Crippen LogP contribution >= 0.6 is 0 Å². The molecule has 2 aromatic heterocycles. The summed E-state index contributed by atoms with van der Waals surface area (Å²) in [5, 5.41) is 15.4. The Kier molecular flexibility index (Phi) is 4.18. The zero-order valence-electron chi connectivity index (χ0n) is 15.5. The number of hydrogen-bond donors (Lipinski definition) is 2. The molecule has 5 rings (SSSR count). The van der Waals surface area contributed by atoms with E-state index in [4.69, 9.17) is 0 Å². The lowest BCUT2D eigenvalue weighted by Gasteiger charge is -2.12. The van der Waals surface area contributed by atoms with Crippen LogP contribution in [0.15, 0.2) is 97.7 Å².